The second kappa shape index (κ2) is 6.86. The van der Waals surface area contributed by atoms with Crippen LogP contribution in [0.3, 0.4) is 0 Å². The molecule has 3 rings (SSSR count). The molecule has 0 bridgehead atoms. The van der Waals surface area contributed by atoms with Crippen molar-refractivity contribution in [3.05, 3.63) is 30.1 Å². The number of nitrogens with one attached hydrogen (secondary N) is 2. The third kappa shape index (κ3) is 3.81. The number of benzene rings is 1. The molecule has 1 aromatic rings. The van der Waals surface area contributed by atoms with Crippen LogP contribution in [-0.4, -0.2) is 59.9 Å². The van der Waals surface area contributed by atoms with Crippen LogP contribution in [0, 0.1) is 5.82 Å². The van der Waals surface area contributed by atoms with Crippen LogP contribution in [-0.2, 0) is 9.59 Å². The van der Waals surface area contributed by atoms with Gasteiger partial charge < -0.3 is 15.1 Å². The Bertz CT molecular complexity index is 666. The lowest BCUT2D eigenvalue weighted by molar-refractivity contribution is -0.132. The van der Waals surface area contributed by atoms with Gasteiger partial charge in [-0.15, -0.1) is 0 Å². The topological polar surface area (TPSA) is 81.8 Å². The molecule has 2 aliphatic rings. The van der Waals surface area contributed by atoms with E-state index < -0.39 is 11.9 Å². The number of anilines is 1. The van der Waals surface area contributed by atoms with E-state index in [2.05, 4.69) is 10.6 Å². The number of carbonyl (C=O) groups is 3. The molecule has 0 aromatic heterocycles. The van der Waals surface area contributed by atoms with Gasteiger partial charge in [-0.05, 0) is 31.0 Å². The van der Waals surface area contributed by atoms with Crippen molar-refractivity contribution in [2.45, 2.75) is 18.9 Å². The molecule has 24 heavy (non-hydrogen) atoms. The minimum atomic E-state index is -0.528. The zero-order valence-electron chi connectivity index (χ0n) is 13.1. The van der Waals surface area contributed by atoms with Crippen LogP contribution in [0.1, 0.15) is 12.8 Å². The van der Waals surface area contributed by atoms with E-state index in [1.54, 1.807) is 17.0 Å². The largest absolute Gasteiger partial charge is 0.380 e. The Hall–Kier alpha value is -2.64. The Labute approximate surface area is 138 Å². The monoisotopic (exact) mass is 334 g/mol. The smallest absolute Gasteiger partial charge is 0.325 e. The van der Waals surface area contributed by atoms with Crippen molar-refractivity contribution < 1.29 is 18.8 Å². The molecule has 2 N–H and O–H groups in total. The molecule has 2 heterocycles. The maximum Gasteiger partial charge on any atom is 0.325 e. The van der Waals surface area contributed by atoms with Gasteiger partial charge in [0.1, 0.15) is 18.9 Å². The van der Waals surface area contributed by atoms with Gasteiger partial charge in [-0.2, -0.15) is 0 Å². The molecule has 0 saturated carbocycles. The van der Waals surface area contributed by atoms with Crippen LogP contribution < -0.4 is 10.6 Å². The summed E-state index contributed by atoms with van der Waals surface area (Å²) in [6, 6.07) is 5.71. The highest BCUT2D eigenvalue weighted by atomic mass is 19.1. The summed E-state index contributed by atoms with van der Waals surface area (Å²) in [6.07, 6.45) is 1.70. The fraction of sp³-hybridized carbons (Fsp3) is 0.438. The zero-order chi connectivity index (χ0) is 17.1. The Morgan fingerprint density at radius 2 is 2.21 bits per heavy atom. The quantitative estimate of drug-likeness (QED) is 0.798. The third-order valence-electron chi connectivity index (χ3n) is 4.16. The van der Waals surface area contributed by atoms with Crippen LogP contribution in [0.5, 0.6) is 0 Å². The first-order chi connectivity index (χ1) is 11.5. The van der Waals surface area contributed by atoms with E-state index in [9.17, 15) is 18.8 Å². The summed E-state index contributed by atoms with van der Waals surface area (Å²) >= 11 is 0. The number of urea groups is 1. The molecule has 2 saturated heterocycles. The lowest BCUT2D eigenvalue weighted by Gasteiger charge is -2.34. The molecular formula is C16H19FN4O3. The SMILES string of the molecule is O=C1CN(CC(=O)N2CCCC(Nc3cccc(F)c3)C2)C(=O)N1. The fourth-order valence-corrected chi connectivity index (χ4v) is 3.01. The fourth-order valence-electron chi connectivity index (χ4n) is 3.01. The van der Waals surface area contributed by atoms with Crippen molar-refractivity contribution in [3.63, 3.8) is 0 Å². The van der Waals surface area contributed by atoms with Gasteiger partial charge in [-0.25, -0.2) is 9.18 Å². The van der Waals surface area contributed by atoms with Crippen LogP contribution in [0.25, 0.3) is 0 Å². The first-order valence-electron chi connectivity index (χ1n) is 7.90. The van der Waals surface area contributed by atoms with Crippen molar-refractivity contribution in [2.75, 3.05) is 31.5 Å². The Morgan fingerprint density at radius 3 is 2.92 bits per heavy atom. The van der Waals surface area contributed by atoms with E-state index in [-0.39, 0.29) is 30.9 Å². The predicted octanol–water partition coefficient (Wildman–Crippen LogP) is 0.780. The molecule has 2 fully saturated rings. The molecule has 0 spiro atoms. The third-order valence-corrected chi connectivity index (χ3v) is 4.16. The Balaban J connectivity index is 1.56. The summed E-state index contributed by atoms with van der Waals surface area (Å²) in [7, 11) is 0. The molecule has 0 radical (unpaired) electrons. The van der Waals surface area contributed by atoms with Gasteiger partial charge in [0.05, 0.1) is 0 Å². The number of imide groups is 1. The normalized spacial score (nSPS) is 21.0. The highest BCUT2D eigenvalue weighted by Crippen LogP contribution is 2.17. The number of hydrogen-bond donors (Lipinski definition) is 2. The highest BCUT2D eigenvalue weighted by molar-refractivity contribution is 6.03. The number of likely N-dealkylation sites (tertiary alicyclic amines) is 1. The number of amides is 4. The van der Waals surface area contributed by atoms with Crippen LogP contribution in [0.15, 0.2) is 24.3 Å². The molecule has 4 amide bonds. The molecule has 2 aliphatic heterocycles. The van der Waals surface area contributed by atoms with E-state index in [1.165, 1.54) is 17.0 Å². The second-order valence-electron chi connectivity index (χ2n) is 6.04. The molecule has 1 aromatic carbocycles. The number of halogens is 1. The van der Waals surface area contributed by atoms with Gasteiger partial charge in [0.15, 0.2) is 0 Å². The van der Waals surface area contributed by atoms with Crippen LogP contribution >= 0.6 is 0 Å². The van der Waals surface area contributed by atoms with Gasteiger partial charge in [0, 0.05) is 24.8 Å². The summed E-state index contributed by atoms with van der Waals surface area (Å²) in [5.41, 5.74) is 0.679. The van der Waals surface area contributed by atoms with Crippen molar-refractivity contribution in [1.82, 2.24) is 15.1 Å². The average Bonchev–Trinajstić information content (AvgIpc) is 2.85. The van der Waals surface area contributed by atoms with E-state index in [0.29, 0.717) is 18.8 Å². The van der Waals surface area contributed by atoms with Gasteiger partial charge in [-0.1, -0.05) is 6.07 Å². The maximum atomic E-state index is 13.2. The summed E-state index contributed by atoms with van der Waals surface area (Å²) in [5.74, 6) is -0.892. The van der Waals surface area contributed by atoms with Gasteiger partial charge in [0.25, 0.3) is 0 Å². The predicted molar refractivity (Wildman–Crippen MR) is 84.7 cm³/mol. The first kappa shape index (κ1) is 16.2. The van der Waals surface area contributed by atoms with Crippen molar-refractivity contribution in [3.8, 4) is 0 Å². The standard InChI is InChI=1S/C16H19FN4O3/c17-11-3-1-4-12(7-11)18-13-5-2-6-20(8-13)15(23)10-21-9-14(22)19-16(21)24/h1,3-4,7,13,18H,2,5-6,8-10H2,(H,19,22,24). The van der Waals surface area contributed by atoms with Crippen molar-refractivity contribution in [2.24, 2.45) is 0 Å². The molecule has 0 aliphatic carbocycles. The minimum absolute atomic E-state index is 0.0264. The summed E-state index contributed by atoms with van der Waals surface area (Å²) in [5, 5.41) is 5.39. The van der Waals surface area contributed by atoms with Gasteiger partial charge in [-0.3, -0.25) is 14.9 Å². The molecule has 8 heteroatoms. The molecule has 1 atom stereocenters. The maximum absolute atomic E-state index is 13.2. The van der Waals surface area contributed by atoms with E-state index in [4.69, 9.17) is 0 Å². The summed E-state index contributed by atoms with van der Waals surface area (Å²) in [4.78, 5) is 37.9. The van der Waals surface area contributed by atoms with Crippen LogP contribution in [0.2, 0.25) is 0 Å². The number of piperidine rings is 1. The summed E-state index contributed by atoms with van der Waals surface area (Å²) < 4.78 is 13.2. The Kier molecular flexibility index (Phi) is 4.64. The number of hydrogen-bond acceptors (Lipinski definition) is 4. The minimum Gasteiger partial charge on any atom is -0.380 e. The Morgan fingerprint density at radius 1 is 1.38 bits per heavy atom. The van der Waals surface area contributed by atoms with E-state index in [1.807, 2.05) is 0 Å². The van der Waals surface area contributed by atoms with E-state index >= 15 is 0 Å². The lowest BCUT2D eigenvalue weighted by Crippen LogP contribution is -2.49. The van der Waals surface area contributed by atoms with Crippen molar-refractivity contribution >= 4 is 23.5 Å². The highest BCUT2D eigenvalue weighted by Gasteiger charge is 2.31. The number of carbonyl (C=O) groups excluding carboxylic acids is 3. The van der Waals surface area contributed by atoms with Crippen molar-refractivity contribution in [1.29, 1.82) is 0 Å². The first-order valence-corrected chi connectivity index (χ1v) is 7.90. The van der Waals surface area contributed by atoms with E-state index in [0.717, 1.165) is 12.8 Å². The van der Waals surface area contributed by atoms with Gasteiger partial charge in [0.2, 0.25) is 11.8 Å². The molecule has 128 valence electrons. The second-order valence-corrected chi connectivity index (χ2v) is 6.04. The van der Waals surface area contributed by atoms with Crippen LogP contribution in [0.4, 0.5) is 14.9 Å². The number of nitrogens with zero attached hydrogens (tertiary/aromatic N) is 2. The molecule has 1 unspecified atom stereocenters. The van der Waals surface area contributed by atoms with Gasteiger partial charge >= 0.3 is 6.03 Å². The number of rotatable bonds is 4. The summed E-state index contributed by atoms with van der Waals surface area (Å²) in [6.45, 7) is 0.913. The average molecular weight is 334 g/mol. The molecular weight excluding hydrogens is 315 g/mol. The lowest BCUT2D eigenvalue weighted by atomic mass is 10.1. The molecule has 7 nitrogen and oxygen atoms in total. The zero-order valence-corrected chi connectivity index (χ0v) is 13.1.